The minimum atomic E-state index is -1.29. The summed E-state index contributed by atoms with van der Waals surface area (Å²) in [6, 6.07) is 13.4. The number of halogens is 1. The Balaban J connectivity index is 2.23. The molecule has 0 spiro atoms. The molecular weight excluding hydrogens is 382 g/mol. The molecule has 1 atom stereocenters. The molecule has 0 radical (unpaired) electrons. The lowest BCUT2D eigenvalue weighted by Crippen LogP contribution is -2.37. The molecule has 146 valence electrons. The summed E-state index contributed by atoms with van der Waals surface area (Å²) < 4.78 is 11.9. The summed E-state index contributed by atoms with van der Waals surface area (Å²) in [6.07, 6.45) is 0. The van der Waals surface area contributed by atoms with Gasteiger partial charge in [-0.2, -0.15) is 0 Å². The lowest BCUT2D eigenvalue weighted by atomic mass is 9.92. The first-order valence-electron chi connectivity index (χ1n) is 8.96. The van der Waals surface area contributed by atoms with Crippen molar-refractivity contribution in [1.82, 2.24) is 15.0 Å². The quantitative estimate of drug-likeness (QED) is 0.445. The van der Waals surface area contributed by atoms with Gasteiger partial charge in [0, 0.05) is 5.02 Å². The molecule has 0 fully saturated rings. The minimum Gasteiger partial charge on any atom is -0.465 e. The van der Waals surface area contributed by atoms with Gasteiger partial charge in [0.1, 0.15) is 11.6 Å². The van der Waals surface area contributed by atoms with E-state index in [0.29, 0.717) is 21.6 Å². The zero-order chi connectivity index (χ0) is 20.1. The second-order valence-corrected chi connectivity index (χ2v) is 6.38. The smallest absolute Gasteiger partial charge is 0.322 e. The Bertz CT molecular complexity index is 970. The fourth-order valence-corrected chi connectivity index (χ4v) is 3.33. The van der Waals surface area contributed by atoms with Gasteiger partial charge in [-0.1, -0.05) is 47.1 Å². The Labute approximate surface area is 167 Å². The van der Waals surface area contributed by atoms with Crippen LogP contribution in [-0.4, -0.2) is 40.1 Å². The van der Waals surface area contributed by atoms with E-state index in [0.717, 1.165) is 0 Å². The maximum absolute atomic E-state index is 12.8. The van der Waals surface area contributed by atoms with Crippen LogP contribution in [0.15, 0.2) is 48.5 Å². The van der Waals surface area contributed by atoms with Crippen LogP contribution in [0, 0.1) is 5.92 Å². The van der Waals surface area contributed by atoms with Crippen LogP contribution in [0.2, 0.25) is 5.02 Å². The SMILES string of the molecule is CCOC(=O)C(C(=O)OCC)C(c1ccccc1Cl)n1nnc2ccccc21. The van der Waals surface area contributed by atoms with E-state index in [1.165, 1.54) is 4.68 Å². The van der Waals surface area contributed by atoms with Gasteiger partial charge in [-0.15, -0.1) is 5.10 Å². The lowest BCUT2D eigenvalue weighted by Gasteiger charge is -2.25. The predicted molar refractivity (Wildman–Crippen MR) is 104 cm³/mol. The molecule has 3 aromatic rings. The largest absolute Gasteiger partial charge is 0.465 e. The first-order chi connectivity index (χ1) is 13.6. The van der Waals surface area contributed by atoms with Crippen LogP contribution in [0.4, 0.5) is 0 Å². The van der Waals surface area contributed by atoms with Crippen LogP contribution >= 0.6 is 11.6 Å². The van der Waals surface area contributed by atoms with Gasteiger partial charge in [0.25, 0.3) is 0 Å². The number of aromatic nitrogens is 3. The molecule has 1 aromatic heterocycles. The average Bonchev–Trinajstić information content (AvgIpc) is 3.11. The Morgan fingerprint density at radius 3 is 2.25 bits per heavy atom. The lowest BCUT2D eigenvalue weighted by molar-refractivity contribution is -0.163. The highest BCUT2D eigenvalue weighted by Gasteiger charge is 2.41. The summed E-state index contributed by atoms with van der Waals surface area (Å²) >= 11 is 6.43. The molecular formula is C20H20ClN3O4. The van der Waals surface area contributed by atoms with E-state index in [2.05, 4.69) is 10.3 Å². The van der Waals surface area contributed by atoms with Crippen LogP contribution < -0.4 is 0 Å². The van der Waals surface area contributed by atoms with E-state index < -0.39 is 23.9 Å². The molecule has 0 bridgehead atoms. The first-order valence-corrected chi connectivity index (χ1v) is 9.33. The van der Waals surface area contributed by atoms with E-state index in [4.69, 9.17) is 21.1 Å². The first kappa shape index (κ1) is 19.8. The van der Waals surface area contributed by atoms with E-state index in [1.54, 1.807) is 44.2 Å². The van der Waals surface area contributed by atoms with Gasteiger partial charge in [0.2, 0.25) is 0 Å². The Kier molecular flexibility index (Phi) is 6.26. The van der Waals surface area contributed by atoms with Crippen molar-refractivity contribution in [3.8, 4) is 0 Å². The number of hydrogen-bond donors (Lipinski definition) is 0. The van der Waals surface area contributed by atoms with Crippen molar-refractivity contribution in [1.29, 1.82) is 0 Å². The van der Waals surface area contributed by atoms with Crippen molar-refractivity contribution in [3.63, 3.8) is 0 Å². The number of para-hydroxylation sites is 1. The van der Waals surface area contributed by atoms with Gasteiger partial charge in [-0.25, -0.2) is 4.68 Å². The third-order valence-corrected chi connectivity index (χ3v) is 4.61. The van der Waals surface area contributed by atoms with Gasteiger partial charge in [0.05, 0.1) is 18.7 Å². The number of fused-ring (bicyclic) bond motifs is 1. The molecule has 0 saturated heterocycles. The number of carbonyl (C=O) groups is 2. The normalized spacial score (nSPS) is 12.1. The molecule has 0 saturated carbocycles. The van der Waals surface area contributed by atoms with E-state index >= 15 is 0 Å². The summed E-state index contributed by atoms with van der Waals surface area (Å²) in [4.78, 5) is 25.6. The molecule has 2 aromatic carbocycles. The number of ether oxygens (including phenoxy) is 2. The molecule has 7 nitrogen and oxygen atoms in total. The maximum Gasteiger partial charge on any atom is 0.322 e. The third kappa shape index (κ3) is 3.84. The molecule has 28 heavy (non-hydrogen) atoms. The number of rotatable bonds is 7. The van der Waals surface area contributed by atoms with Crippen LogP contribution in [0.3, 0.4) is 0 Å². The van der Waals surface area contributed by atoms with Crippen molar-refractivity contribution in [2.45, 2.75) is 19.9 Å². The van der Waals surface area contributed by atoms with Gasteiger partial charge in [-0.3, -0.25) is 9.59 Å². The van der Waals surface area contributed by atoms with Crippen LogP contribution in [0.1, 0.15) is 25.5 Å². The third-order valence-electron chi connectivity index (χ3n) is 4.26. The second kappa shape index (κ2) is 8.84. The second-order valence-electron chi connectivity index (χ2n) is 5.97. The van der Waals surface area contributed by atoms with Crippen LogP contribution in [0.25, 0.3) is 11.0 Å². The number of nitrogens with zero attached hydrogens (tertiary/aromatic N) is 3. The molecule has 1 heterocycles. The molecule has 1 unspecified atom stereocenters. The van der Waals surface area contributed by atoms with Crippen LogP contribution in [-0.2, 0) is 19.1 Å². The van der Waals surface area contributed by atoms with E-state index in [-0.39, 0.29) is 13.2 Å². The number of hydrogen-bond acceptors (Lipinski definition) is 6. The summed E-state index contributed by atoms with van der Waals surface area (Å²) in [5.41, 5.74) is 1.84. The molecule has 3 rings (SSSR count). The summed E-state index contributed by atoms with van der Waals surface area (Å²) in [5, 5.41) is 8.76. The minimum absolute atomic E-state index is 0.127. The van der Waals surface area contributed by atoms with Crippen molar-refractivity contribution in [2.24, 2.45) is 5.92 Å². The summed E-state index contributed by atoms with van der Waals surface area (Å²) in [5.74, 6) is -2.69. The fourth-order valence-electron chi connectivity index (χ4n) is 3.08. The molecule has 8 heteroatoms. The van der Waals surface area contributed by atoms with Gasteiger partial charge >= 0.3 is 11.9 Å². The van der Waals surface area contributed by atoms with E-state index in [9.17, 15) is 9.59 Å². The Morgan fingerprint density at radius 1 is 1.00 bits per heavy atom. The highest BCUT2D eigenvalue weighted by molar-refractivity contribution is 6.31. The zero-order valence-electron chi connectivity index (χ0n) is 15.5. The molecule has 0 aliphatic rings. The monoisotopic (exact) mass is 401 g/mol. The van der Waals surface area contributed by atoms with Gasteiger partial charge in [-0.05, 0) is 37.6 Å². The van der Waals surface area contributed by atoms with Crippen molar-refractivity contribution in [2.75, 3.05) is 13.2 Å². The molecule has 0 aliphatic heterocycles. The fraction of sp³-hybridized carbons (Fsp3) is 0.300. The zero-order valence-corrected chi connectivity index (χ0v) is 16.3. The van der Waals surface area contributed by atoms with Gasteiger partial charge in [0.15, 0.2) is 5.92 Å². The summed E-state index contributed by atoms with van der Waals surface area (Å²) in [7, 11) is 0. The van der Waals surface area contributed by atoms with Crippen molar-refractivity contribution < 1.29 is 19.1 Å². The van der Waals surface area contributed by atoms with Crippen molar-refractivity contribution in [3.05, 3.63) is 59.1 Å². The highest BCUT2D eigenvalue weighted by atomic mass is 35.5. The van der Waals surface area contributed by atoms with Crippen molar-refractivity contribution >= 4 is 34.6 Å². The predicted octanol–water partition coefficient (Wildman–Crippen LogP) is 3.42. The number of benzene rings is 2. The maximum atomic E-state index is 12.8. The van der Waals surface area contributed by atoms with Gasteiger partial charge < -0.3 is 9.47 Å². The van der Waals surface area contributed by atoms with E-state index in [1.807, 2.05) is 18.2 Å². The average molecular weight is 402 g/mol. The summed E-state index contributed by atoms with van der Waals surface area (Å²) in [6.45, 7) is 3.61. The van der Waals surface area contributed by atoms with Crippen LogP contribution in [0.5, 0.6) is 0 Å². The molecule has 0 aliphatic carbocycles. The number of esters is 2. The Hall–Kier alpha value is -2.93. The molecule has 0 N–H and O–H groups in total. The molecule has 0 amide bonds. The Morgan fingerprint density at radius 2 is 1.61 bits per heavy atom. The topological polar surface area (TPSA) is 83.3 Å². The number of carbonyl (C=O) groups excluding carboxylic acids is 2. The standard InChI is InChI=1S/C20H20ClN3O4/c1-3-27-19(25)17(20(26)28-4-2)18(13-9-5-6-10-14(13)21)24-16-12-8-7-11-15(16)22-23-24/h5-12,17-18H,3-4H2,1-2H3. The highest BCUT2D eigenvalue weighted by Crippen LogP contribution is 2.35.